The third-order valence-corrected chi connectivity index (χ3v) is 5.37. The number of rotatable bonds is 6. The van der Waals surface area contributed by atoms with Crippen LogP contribution in [0.25, 0.3) is 10.9 Å². The molecule has 4 aromatic rings. The minimum atomic E-state index is 0.649. The summed E-state index contributed by atoms with van der Waals surface area (Å²) >= 11 is 3.47. The summed E-state index contributed by atoms with van der Waals surface area (Å²) in [6.45, 7) is 1.50. The van der Waals surface area contributed by atoms with E-state index >= 15 is 0 Å². The van der Waals surface area contributed by atoms with E-state index in [4.69, 9.17) is 0 Å². The third-order valence-electron chi connectivity index (χ3n) is 3.61. The van der Waals surface area contributed by atoms with E-state index in [1.54, 1.807) is 22.7 Å². The Morgan fingerprint density at radius 3 is 2.17 bits per heavy atom. The van der Waals surface area contributed by atoms with Gasteiger partial charge in [0.25, 0.3) is 0 Å². The number of thiophene rings is 2. The molecule has 120 valence electrons. The molecular weight excluding hydrogens is 336 g/mol. The molecule has 0 fully saturated rings. The fraction of sp³-hybridized carbons (Fsp3) is 0.111. The maximum atomic E-state index is 4.68. The maximum absolute atomic E-state index is 4.68. The number of fused-ring (bicyclic) bond motifs is 1. The number of para-hydroxylation sites is 1. The SMILES string of the molecule is c1csc(CNc2nc(NCc3cccs3)c3ccccc3n2)c1. The van der Waals surface area contributed by atoms with Crippen molar-refractivity contribution in [1.29, 1.82) is 0 Å². The molecule has 1 aromatic carbocycles. The van der Waals surface area contributed by atoms with Crippen LogP contribution in [0, 0.1) is 0 Å². The van der Waals surface area contributed by atoms with Crippen LogP contribution < -0.4 is 10.6 Å². The Bertz CT molecular complexity index is 918. The van der Waals surface area contributed by atoms with Crippen LogP contribution in [0.5, 0.6) is 0 Å². The van der Waals surface area contributed by atoms with Crippen molar-refractivity contribution in [2.24, 2.45) is 0 Å². The molecule has 0 spiro atoms. The van der Waals surface area contributed by atoms with E-state index in [1.807, 2.05) is 18.2 Å². The number of nitrogens with zero attached hydrogens (tertiary/aromatic N) is 2. The lowest BCUT2D eigenvalue weighted by molar-refractivity contribution is 1.07. The largest absolute Gasteiger partial charge is 0.364 e. The Morgan fingerprint density at radius 1 is 0.750 bits per heavy atom. The van der Waals surface area contributed by atoms with E-state index in [2.05, 4.69) is 61.7 Å². The summed E-state index contributed by atoms with van der Waals surface area (Å²) in [6.07, 6.45) is 0. The molecule has 0 aliphatic carbocycles. The van der Waals surface area contributed by atoms with E-state index in [1.165, 1.54) is 9.75 Å². The van der Waals surface area contributed by atoms with E-state index in [9.17, 15) is 0 Å². The number of anilines is 2. The van der Waals surface area contributed by atoms with Gasteiger partial charge in [-0.15, -0.1) is 22.7 Å². The molecule has 24 heavy (non-hydrogen) atoms. The summed E-state index contributed by atoms with van der Waals surface area (Å²) in [5.41, 5.74) is 0.940. The summed E-state index contributed by atoms with van der Waals surface area (Å²) in [4.78, 5) is 11.8. The van der Waals surface area contributed by atoms with Crippen molar-refractivity contribution >= 4 is 45.3 Å². The summed E-state index contributed by atoms with van der Waals surface area (Å²) in [5, 5.41) is 12.0. The van der Waals surface area contributed by atoms with Gasteiger partial charge in [0, 0.05) is 15.1 Å². The number of hydrogen-bond donors (Lipinski definition) is 2. The minimum Gasteiger partial charge on any atom is -0.364 e. The molecule has 0 radical (unpaired) electrons. The number of benzene rings is 1. The smallest absolute Gasteiger partial charge is 0.225 e. The van der Waals surface area contributed by atoms with Crippen molar-refractivity contribution in [3.8, 4) is 0 Å². The van der Waals surface area contributed by atoms with Crippen LogP contribution in [0.4, 0.5) is 11.8 Å². The van der Waals surface area contributed by atoms with Crippen molar-refractivity contribution in [2.45, 2.75) is 13.1 Å². The van der Waals surface area contributed by atoms with E-state index in [0.29, 0.717) is 5.95 Å². The number of nitrogens with one attached hydrogen (secondary N) is 2. The molecule has 0 saturated heterocycles. The van der Waals surface area contributed by atoms with Gasteiger partial charge < -0.3 is 10.6 Å². The van der Waals surface area contributed by atoms with Crippen molar-refractivity contribution in [3.05, 3.63) is 69.0 Å². The van der Waals surface area contributed by atoms with Gasteiger partial charge >= 0.3 is 0 Å². The molecule has 6 heteroatoms. The summed E-state index contributed by atoms with van der Waals surface area (Å²) in [5.74, 6) is 1.51. The highest BCUT2D eigenvalue weighted by atomic mass is 32.1. The van der Waals surface area contributed by atoms with Crippen LogP contribution in [-0.2, 0) is 13.1 Å². The predicted molar refractivity (Wildman–Crippen MR) is 103 cm³/mol. The van der Waals surface area contributed by atoms with Gasteiger partial charge in [-0.1, -0.05) is 24.3 Å². The van der Waals surface area contributed by atoms with Crippen LogP contribution in [0.1, 0.15) is 9.75 Å². The first kappa shape index (κ1) is 15.1. The molecule has 0 atom stereocenters. The van der Waals surface area contributed by atoms with Gasteiger partial charge in [-0.2, -0.15) is 4.98 Å². The molecule has 0 unspecified atom stereocenters. The predicted octanol–water partition coefficient (Wildman–Crippen LogP) is 4.98. The zero-order valence-corrected chi connectivity index (χ0v) is 14.5. The highest BCUT2D eigenvalue weighted by molar-refractivity contribution is 7.10. The molecular formula is C18H16N4S2. The molecule has 0 bridgehead atoms. The zero-order chi connectivity index (χ0) is 16.2. The summed E-state index contributed by atoms with van der Waals surface area (Å²) < 4.78 is 0. The number of hydrogen-bond acceptors (Lipinski definition) is 6. The normalized spacial score (nSPS) is 10.8. The molecule has 0 amide bonds. The fourth-order valence-electron chi connectivity index (χ4n) is 2.45. The average molecular weight is 352 g/mol. The Morgan fingerprint density at radius 2 is 1.46 bits per heavy atom. The Balaban J connectivity index is 1.60. The second kappa shape index (κ2) is 6.98. The summed E-state index contributed by atoms with van der Waals surface area (Å²) in [6, 6.07) is 16.4. The molecule has 3 heterocycles. The first-order valence-electron chi connectivity index (χ1n) is 7.68. The second-order valence-corrected chi connectivity index (χ2v) is 7.34. The minimum absolute atomic E-state index is 0.649. The molecule has 2 N–H and O–H groups in total. The lowest BCUT2D eigenvalue weighted by Crippen LogP contribution is -2.07. The second-order valence-electron chi connectivity index (χ2n) is 5.28. The monoisotopic (exact) mass is 352 g/mol. The molecule has 0 saturated carbocycles. The fourth-order valence-corrected chi connectivity index (χ4v) is 3.74. The first-order chi connectivity index (χ1) is 11.9. The maximum Gasteiger partial charge on any atom is 0.225 e. The topological polar surface area (TPSA) is 49.8 Å². The van der Waals surface area contributed by atoms with Gasteiger partial charge in [-0.25, -0.2) is 4.98 Å². The van der Waals surface area contributed by atoms with Crippen molar-refractivity contribution in [1.82, 2.24) is 9.97 Å². The lowest BCUT2D eigenvalue weighted by Gasteiger charge is -2.11. The number of aromatic nitrogens is 2. The van der Waals surface area contributed by atoms with Crippen molar-refractivity contribution < 1.29 is 0 Å². The zero-order valence-electron chi connectivity index (χ0n) is 12.9. The molecule has 4 nitrogen and oxygen atoms in total. The molecule has 4 rings (SSSR count). The summed E-state index contributed by atoms with van der Waals surface area (Å²) in [7, 11) is 0. The molecule has 3 aromatic heterocycles. The van der Waals surface area contributed by atoms with Crippen LogP contribution in [0.3, 0.4) is 0 Å². The van der Waals surface area contributed by atoms with Gasteiger partial charge in [0.15, 0.2) is 0 Å². The highest BCUT2D eigenvalue weighted by Crippen LogP contribution is 2.23. The van der Waals surface area contributed by atoms with Crippen LogP contribution in [0.2, 0.25) is 0 Å². The van der Waals surface area contributed by atoms with Gasteiger partial charge in [-0.05, 0) is 35.0 Å². The third kappa shape index (κ3) is 3.39. The van der Waals surface area contributed by atoms with Gasteiger partial charge in [0.05, 0.1) is 18.6 Å². The van der Waals surface area contributed by atoms with Crippen LogP contribution >= 0.6 is 22.7 Å². The van der Waals surface area contributed by atoms with Crippen LogP contribution in [0.15, 0.2) is 59.3 Å². The van der Waals surface area contributed by atoms with Gasteiger partial charge in [-0.3, -0.25) is 0 Å². The highest BCUT2D eigenvalue weighted by Gasteiger charge is 2.08. The van der Waals surface area contributed by atoms with Crippen LogP contribution in [-0.4, -0.2) is 9.97 Å². The van der Waals surface area contributed by atoms with Gasteiger partial charge in [0.1, 0.15) is 5.82 Å². The molecule has 0 aliphatic heterocycles. The molecule has 0 aliphatic rings. The Kier molecular flexibility index (Phi) is 4.40. The Hall–Kier alpha value is -2.44. The van der Waals surface area contributed by atoms with E-state index < -0.39 is 0 Å². The standard InChI is InChI=1S/C18H16N4S2/c1-2-8-16-15(7-1)17(19-11-13-5-3-9-23-13)22-18(21-16)20-12-14-6-4-10-24-14/h1-10H,11-12H2,(H2,19,20,21,22). The average Bonchev–Trinajstić information content (AvgIpc) is 3.31. The lowest BCUT2D eigenvalue weighted by atomic mass is 10.2. The van der Waals surface area contributed by atoms with Crippen molar-refractivity contribution in [3.63, 3.8) is 0 Å². The van der Waals surface area contributed by atoms with E-state index in [-0.39, 0.29) is 0 Å². The van der Waals surface area contributed by atoms with Crippen molar-refractivity contribution in [2.75, 3.05) is 10.6 Å². The first-order valence-corrected chi connectivity index (χ1v) is 9.44. The van der Waals surface area contributed by atoms with E-state index in [0.717, 1.165) is 29.8 Å². The van der Waals surface area contributed by atoms with Gasteiger partial charge in [0.2, 0.25) is 5.95 Å². The Labute approximate surface area is 148 Å². The quantitative estimate of drug-likeness (QED) is 0.514.